The summed E-state index contributed by atoms with van der Waals surface area (Å²) in [6.45, 7) is 2.83. The summed E-state index contributed by atoms with van der Waals surface area (Å²) in [5, 5.41) is 0. The molecule has 0 saturated heterocycles. The van der Waals surface area contributed by atoms with Gasteiger partial charge >= 0.3 is 0 Å². The molecule has 0 N–H and O–H groups in total. The van der Waals surface area contributed by atoms with Gasteiger partial charge in [-0.15, -0.1) is 0 Å². The highest BCUT2D eigenvalue weighted by atomic mass is 35.5. The zero-order valence-electron chi connectivity index (χ0n) is 3.87. The summed E-state index contributed by atoms with van der Waals surface area (Å²) in [6.07, 6.45) is 0.414. The molecule has 0 unspecified atom stereocenters. The molecule has 0 spiro atoms. The molecule has 0 fully saturated rings. The molecule has 0 rings (SSSR count). The monoisotopic (exact) mass is 160 g/mol. The number of alkyl halides is 4. The summed E-state index contributed by atoms with van der Waals surface area (Å²) in [7, 11) is 0. The second kappa shape index (κ2) is 2.65. The molecular weight excluding hydrogens is 157 g/mol. The fraction of sp³-hybridized carbons (Fsp3) is 0.500. The number of allylic oxidation sites excluding steroid dienone is 1. The van der Waals surface area contributed by atoms with Crippen LogP contribution in [0.25, 0.3) is 0 Å². The molecule has 0 atom stereocenters. The van der Waals surface area contributed by atoms with Crippen molar-refractivity contribution in [2.24, 2.45) is 0 Å². The molecule has 0 aliphatic carbocycles. The van der Waals surface area contributed by atoms with Crippen LogP contribution in [0.3, 0.4) is 0 Å². The smallest absolute Gasteiger partial charge is 0.199 e. The van der Waals surface area contributed by atoms with Gasteiger partial charge in [0.2, 0.25) is 0 Å². The van der Waals surface area contributed by atoms with E-state index in [1.807, 2.05) is 0 Å². The van der Waals surface area contributed by atoms with Crippen LogP contribution in [0.1, 0.15) is 0 Å². The van der Waals surface area contributed by atoms with Crippen molar-refractivity contribution in [1.29, 1.82) is 0 Å². The highest BCUT2D eigenvalue weighted by Crippen LogP contribution is 2.26. The van der Waals surface area contributed by atoms with Crippen LogP contribution in [0.4, 0.5) is 8.78 Å². The zero-order chi connectivity index (χ0) is 6.78. The third-order valence-electron chi connectivity index (χ3n) is 0.563. The van der Waals surface area contributed by atoms with E-state index in [2.05, 4.69) is 6.58 Å². The lowest BCUT2D eigenvalue weighted by molar-refractivity contribution is 0.0711. The first kappa shape index (κ1) is 8.18. The van der Waals surface area contributed by atoms with Gasteiger partial charge in [0.1, 0.15) is 0 Å². The van der Waals surface area contributed by atoms with Crippen molar-refractivity contribution in [3.05, 3.63) is 12.7 Å². The molecule has 0 aliphatic heterocycles. The van der Waals surface area contributed by atoms with Crippen molar-refractivity contribution in [1.82, 2.24) is 0 Å². The first-order valence-electron chi connectivity index (χ1n) is 1.80. The van der Waals surface area contributed by atoms with E-state index in [-0.39, 0.29) is 0 Å². The highest BCUT2D eigenvalue weighted by molar-refractivity contribution is 6.45. The van der Waals surface area contributed by atoms with Crippen LogP contribution in [-0.2, 0) is 0 Å². The van der Waals surface area contributed by atoms with Gasteiger partial charge < -0.3 is 0 Å². The van der Waals surface area contributed by atoms with Gasteiger partial charge in [-0.25, -0.2) is 0 Å². The van der Waals surface area contributed by atoms with E-state index in [0.29, 0.717) is 6.08 Å². The summed E-state index contributed by atoms with van der Waals surface area (Å²) in [5.41, 5.74) is 0. The maximum atomic E-state index is 11.9. The van der Waals surface area contributed by atoms with Gasteiger partial charge in [0.05, 0.1) is 0 Å². The molecule has 8 heavy (non-hydrogen) atoms. The average Bonchev–Trinajstić information content (AvgIpc) is 1.67. The van der Waals surface area contributed by atoms with Gasteiger partial charge in [0, 0.05) is 0 Å². The van der Waals surface area contributed by atoms with Crippen LogP contribution in [0.15, 0.2) is 12.7 Å². The lowest BCUT2D eigenvalue weighted by atomic mass is 10.4. The van der Waals surface area contributed by atoms with Gasteiger partial charge in [0.15, 0.2) is 4.84 Å². The molecule has 0 amide bonds. The Balaban J connectivity index is 3.90. The van der Waals surface area contributed by atoms with Crippen molar-refractivity contribution in [2.45, 2.75) is 10.8 Å². The highest BCUT2D eigenvalue weighted by Gasteiger charge is 2.32. The number of halogens is 4. The Morgan fingerprint density at radius 1 is 1.50 bits per heavy atom. The van der Waals surface area contributed by atoms with E-state index in [1.54, 1.807) is 0 Å². The number of rotatable bonds is 2. The Morgan fingerprint density at radius 2 is 1.88 bits per heavy atom. The van der Waals surface area contributed by atoms with Crippen molar-refractivity contribution >= 4 is 23.2 Å². The van der Waals surface area contributed by atoms with E-state index < -0.39 is 10.8 Å². The molecule has 0 aromatic rings. The summed E-state index contributed by atoms with van der Waals surface area (Å²) in [5.74, 6) is -3.16. The molecule has 0 aromatic heterocycles. The van der Waals surface area contributed by atoms with E-state index in [9.17, 15) is 8.78 Å². The second-order valence-corrected chi connectivity index (χ2v) is 2.28. The molecule has 0 nitrogen and oxygen atoms in total. The van der Waals surface area contributed by atoms with E-state index in [0.717, 1.165) is 0 Å². The van der Waals surface area contributed by atoms with Gasteiger partial charge in [-0.3, -0.25) is 0 Å². The zero-order valence-corrected chi connectivity index (χ0v) is 5.39. The summed E-state index contributed by atoms with van der Waals surface area (Å²) in [4.78, 5) is -1.69. The van der Waals surface area contributed by atoms with Gasteiger partial charge in [-0.05, 0) is 6.08 Å². The first-order valence-corrected chi connectivity index (χ1v) is 2.67. The van der Waals surface area contributed by atoms with E-state index >= 15 is 0 Å². The molecule has 0 aromatic carbocycles. The van der Waals surface area contributed by atoms with Crippen molar-refractivity contribution in [2.75, 3.05) is 0 Å². The second-order valence-electron chi connectivity index (χ2n) is 1.18. The lowest BCUT2D eigenvalue weighted by Crippen LogP contribution is -2.20. The normalized spacial score (nSPS) is 12.1. The van der Waals surface area contributed by atoms with E-state index in [1.165, 1.54) is 0 Å². The van der Waals surface area contributed by atoms with E-state index in [4.69, 9.17) is 23.2 Å². The number of hydrogen-bond donors (Lipinski definition) is 0. The largest absolute Gasteiger partial charge is 0.295 e. The minimum absolute atomic E-state index is 0.414. The molecule has 0 heterocycles. The number of hydrogen-bond acceptors (Lipinski definition) is 0. The maximum Gasteiger partial charge on any atom is 0.295 e. The molecule has 0 bridgehead atoms. The third kappa shape index (κ3) is 1.97. The molecule has 0 aliphatic rings. The topological polar surface area (TPSA) is 0 Å². The van der Waals surface area contributed by atoms with Crippen LogP contribution in [0.5, 0.6) is 0 Å². The molecule has 4 heteroatoms. The minimum Gasteiger partial charge on any atom is -0.199 e. The quantitative estimate of drug-likeness (QED) is 0.431. The lowest BCUT2D eigenvalue weighted by Gasteiger charge is -2.09. The molecular formula is C4H4Cl2F2. The van der Waals surface area contributed by atoms with Gasteiger partial charge in [-0.1, -0.05) is 29.8 Å². The van der Waals surface area contributed by atoms with Crippen LogP contribution >= 0.6 is 23.2 Å². The summed E-state index contributed by atoms with van der Waals surface area (Å²) in [6, 6.07) is 0. The summed E-state index contributed by atoms with van der Waals surface area (Å²) < 4.78 is 23.8. The molecule has 0 saturated carbocycles. The molecule has 0 radical (unpaired) electrons. The fourth-order valence-corrected chi connectivity index (χ4v) is 0.267. The Kier molecular flexibility index (Phi) is 2.71. The predicted molar refractivity (Wildman–Crippen MR) is 30.6 cm³/mol. The van der Waals surface area contributed by atoms with Crippen molar-refractivity contribution in [3.8, 4) is 0 Å². The van der Waals surface area contributed by atoms with Crippen LogP contribution in [-0.4, -0.2) is 10.8 Å². The average molecular weight is 161 g/mol. The van der Waals surface area contributed by atoms with Crippen molar-refractivity contribution in [3.63, 3.8) is 0 Å². The first-order chi connectivity index (χ1) is 3.50. The Hall–Kier alpha value is 0.180. The Bertz CT molecular complexity index is 90.0. The standard InChI is InChI=1S/C4H4Cl2F2/c1-2-4(7,8)3(5)6/h2-3H,1H2. The van der Waals surface area contributed by atoms with Crippen molar-refractivity contribution < 1.29 is 8.78 Å². The maximum absolute atomic E-state index is 11.9. The van der Waals surface area contributed by atoms with Crippen LogP contribution in [0, 0.1) is 0 Å². The van der Waals surface area contributed by atoms with Crippen LogP contribution < -0.4 is 0 Å². The van der Waals surface area contributed by atoms with Crippen LogP contribution in [0.2, 0.25) is 0 Å². The predicted octanol–water partition coefficient (Wildman–Crippen LogP) is 2.61. The fourth-order valence-electron chi connectivity index (χ4n) is 0.0891. The Morgan fingerprint density at radius 3 is 1.88 bits per heavy atom. The van der Waals surface area contributed by atoms with Gasteiger partial charge in [0.25, 0.3) is 5.92 Å². The van der Waals surface area contributed by atoms with Gasteiger partial charge in [-0.2, -0.15) is 8.78 Å². The summed E-state index contributed by atoms with van der Waals surface area (Å²) >= 11 is 9.63. The third-order valence-corrected chi connectivity index (χ3v) is 1.14. The Labute approximate surface area is 56.1 Å². The minimum atomic E-state index is -3.16. The SMILES string of the molecule is C=CC(F)(F)C(Cl)Cl. The molecule has 48 valence electrons.